The lowest BCUT2D eigenvalue weighted by Crippen LogP contribution is -2.24. The number of hydrazone groups is 2. The third-order valence-electron chi connectivity index (χ3n) is 11.5. The van der Waals surface area contributed by atoms with Crippen molar-refractivity contribution in [1.29, 1.82) is 0 Å². The number of anilines is 2. The van der Waals surface area contributed by atoms with Gasteiger partial charge in [-0.25, -0.2) is 0 Å². The van der Waals surface area contributed by atoms with Gasteiger partial charge in [-0.05, 0) is 92.1 Å². The van der Waals surface area contributed by atoms with Crippen molar-refractivity contribution in [3.63, 3.8) is 0 Å². The Morgan fingerprint density at radius 2 is 0.750 bits per heavy atom. The molecule has 7 rings (SSSR count). The van der Waals surface area contributed by atoms with E-state index >= 15 is 0 Å². The minimum absolute atomic E-state index is 0.0973. The van der Waals surface area contributed by atoms with Crippen LogP contribution in [-0.4, -0.2) is 11.4 Å². The predicted molar refractivity (Wildman–Crippen MR) is 239 cm³/mol. The summed E-state index contributed by atoms with van der Waals surface area (Å²) in [6.45, 7) is 23.4. The summed E-state index contributed by atoms with van der Waals surface area (Å²) in [5.74, 6) is 0. The molecule has 2 unspecified atom stereocenters. The highest BCUT2D eigenvalue weighted by molar-refractivity contribution is 6.04. The van der Waals surface area contributed by atoms with Crippen molar-refractivity contribution in [3.8, 4) is 0 Å². The first-order chi connectivity index (χ1) is 26.5. The van der Waals surface area contributed by atoms with E-state index in [1.54, 1.807) is 0 Å². The molecule has 0 saturated heterocycles. The van der Waals surface area contributed by atoms with Gasteiger partial charge in [-0.1, -0.05) is 178 Å². The van der Waals surface area contributed by atoms with Crippen LogP contribution in [0.4, 0.5) is 11.4 Å². The van der Waals surface area contributed by atoms with Crippen LogP contribution in [-0.2, 0) is 10.8 Å². The molecule has 290 valence electrons. The fourth-order valence-electron chi connectivity index (χ4n) is 9.55. The zero-order chi connectivity index (χ0) is 39.9. The van der Waals surface area contributed by atoms with Crippen molar-refractivity contribution in [1.82, 2.24) is 0 Å². The lowest BCUT2D eigenvalue weighted by molar-refractivity contribution is 0.283. The molecule has 2 aliphatic rings. The molecule has 5 aromatic carbocycles. The minimum Gasteiger partial charge on any atom is -0.257 e. The van der Waals surface area contributed by atoms with Crippen molar-refractivity contribution in [2.75, 3.05) is 10.0 Å². The average Bonchev–Trinajstić information content (AvgIpc) is 3.80. The van der Waals surface area contributed by atoms with Gasteiger partial charge in [0.1, 0.15) is 0 Å². The highest BCUT2D eigenvalue weighted by Gasteiger charge is 2.34. The van der Waals surface area contributed by atoms with Gasteiger partial charge in [0.2, 0.25) is 0 Å². The van der Waals surface area contributed by atoms with Crippen molar-refractivity contribution in [3.05, 3.63) is 167 Å². The van der Waals surface area contributed by atoms with Crippen LogP contribution >= 0.6 is 0 Å². The van der Waals surface area contributed by atoms with Crippen molar-refractivity contribution in [2.24, 2.45) is 21.0 Å². The molecule has 0 fully saturated rings. The van der Waals surface area contributed by atoms with Gasteiger partial charge in [0.15, 0.2) is 0 Å². The molecule has 2 atom stereocenters. The van der Waals surface area contributed by atoms with Crippen LogP contribution in [0.1, 0.15) is 140 Å². The van der Waals surface area contributed by atoms with E-state index in [0.29, 0.717) is 0 Å². The Bertz CT molecular complexity index is 1990. The standard InChI is InChI=1S/C52H62N4/c1-49(2,3)35-51(7,8)41-29-25-37(26-30-41)45-33-47(55(53-45)43-17-13-11-14-18-43)39-21-23-40(24-22-39)48-34-46(54-56(48)44-19-15-12-16-20-44)38-27-31-42(32-28-38)52(9,10)36-50(4,5)6/h11-32,47-48H,33-36H2,1-10H3. The lowest BCUT2D eigenvalue weighted by Gasteiger charge is -2.33. The summed E-state index contributed by atoms with van der Waals surface area (Å²) >= 11 is 0. The highest BCUT2D eigenvalue weighted by atomic mass is 15.5. The Morgan fingerprint density at radius 1 is 0.429 bits per heavy atom. The maximum Gasteiger partial charge on any atom is 0.0831 e. The molecule has 5 aromatic rings. The maximum absolute atomic E-state index is 5.29. The largest absolute Gasteiger partial charge is 0.257 e. The maximum atomic E-state index is 5.29. The van der Waals surface area contributed by atoms with Gasteiger partial charge < -0.3 is 0 Å². The Balaban J connectivity index is 1.14. The monoisotopic (exact) mass is 742 g/mol. The third kappa shape index (κ3) is 8.86. The van der Waals surface area contributed by atoms with Gasteiger partial charge >= 0.3 is 0 Å². The zero-order valence-corrected chi connectivity index (χ0v) is 35.5. The Kier molecular flexibility index (Phi) is 10.6. The third-order valence-corrected chi connectivity index (χ3v) is 11.5. The Morgan fingerprint density at radius 3 is 1.05 bits per heavy atom. The Labute approximate surface area is 337 Å². The van der Waals surface area contributed by atoms with E-state index in [1.165, 1.54) is 33.4 Å². The lowest BCUT2D eigenvalue weighted by atomic mass is 9.72. The molecule has 0 bridgehead atoms. The average molecular weight is 743 g/mol. The molecule has 0 aliphatic carbocycles. The second-order valence-electron chi connectivity index (χ2n) is 20.0. The van der Waals surface area contributed by atoms with Gasteiger partial charge in [0, 0.05) is 12.8 Å². The van der Waals surface area contributed by atoms with E-state index < -0.39 is 0 Å². The molecule has 2 heterocycles. The molecule has 0 aromatic heterocycles. The summed E-state index contributed by atoms with van der Waals surface area (Å²) in [4.78, 5) is 0. The van der Waals surface area contributed by atoms with E-state index in [0.717, 1.165) is 48.5 Å². The first kappa shape index (κ1) is 39.3. The quantitative estimate of drug-likeness (QED) is 0.143. The fraction of sp³-hybridized carbons (Fsp3) is 0.385. The molecule has 2 aliphatic heterocycles. The zero-order valence-electron chi connectivity index (χ0n) is 35.5. The van der Waals surface area contributed by atoms with Crippen LogP contribution in [0.5, 0.6) is 0 Å². The van der Waals surface area contributed by atoms with Crippen LogP contribution in [0.2, 0.25) is 0 Å². The molecule has 0 spiro atoms. The number of rotatable bonds is 10. The minimum atomic E-state index is 0.0973. The molecule has 0 radical (unpaired) electrons. The van der Waals surface area contributed by atoms with E-state index in [-0.39, 0.29) is 33.7 Å². The number of para-hydroxylation sites is 2. The topological polar surface area (TPSA) is 31.2 Å². The summed E-state index contributed by atoms with van der Waals surface area (Å²) < 4.78 is 0. The number of benzene rings is 5. The molecular formula is C52H62N4. The molecule has 4 nitrogen and oxygen atoms in total. The number of hydrogen-bond donors (Lipinski definition) is 0. The van der Waals surface area contributed by atoms with E-state index in [9.17, 15) is 0 Å². The molecule has 56 heavy (non-hydrogen) atoms. The molecule has 4 heteroatoms. The van der Waals surface area contributed by atoms with E-state index in [2.05, 4.69) is 213 Å². The predicted octanol–water partition coefficient (Wildman–Crippen LogP) is 13.8. The smallest absolute Gasteiger partial charge is 0.0831 e. The second-order valence-corrected chi connectivity index (χ2v) is 20.0. The van der Waals surface area contributed by atoms with Crippen molar-refractivity contribution >= 4 is 22.8 Å². The van der Waals surface area contributed by atoms with Crippen LogP contribution < -0.4 is 10.0 Å². The molecule has 0 N–H and O–H groups in total. The van der Waals surface area contributed by atoms with Crippen LogP contribution in [0, 0.1) is 10.8 Å². The van der Waals surface area contributed by atoms with Gasteiger partial charge in [-0.3, -0.25) is 10.0 Å². The fourth-order valence-corrected chi connectivity index (χ4v) is 9.55. The van der Waals surface area contributed by atoms with Gasteiger partial charge in [-0.2, -0.15) is 10.2 Å². The summed E-state index contributed by atoms with van der Waals surface area (Å²) in [6, 6.07) is 49.1. The molecule has 0 saturated carbocycles. The second kappa shape index (κ2) is 15.2. The SMILES string of the molecule is CC(C)(C)CC(C)(C)c1ccc(C2=NN(c3ccccc3)C(c3ccc(C4CC(c5ccc(C(C)(C)CC(C)(C)C)cc5)=NN4c4ccccc4)cc3)C2)cc1. The Hall–Kier alpha value is -4.96. The van der Waals surface area contributed by atoms with Crippen LogP contribution in [0.25, 0.3) is 0 Å². The van der Waals surface area contributed by atoms with Crippen molar-refractivity contribution in [2.45, 2.75) is 118 Å². The number of nitrogens with zero attached hydrogens (tertiary/aromatic N) is 4. The normalized spacial score (nSPS) is 18.0. The van der Waals surface area contributed by atoms with Crippen LogP contribution in [0.15, 0.2) is 144 Å². The first-order valence-electron chi connectivity index (χ1n) is 20.6. The van der Waals surface area contributed by atoms with Crippen molar-refractivity contribution < 1.29 is 0 Å². The molecular weight excluding hydrogens is 681 g/mol. The van der Waals surface area contributed by atoms with Gasteiger partial charge in [0.05, 0.1) is 34.9 Å². The first-order valence-corrected chi connectivity index (χ1v) is 20.6. The summed E-state index contributed by atoms with van der Waals surface area (Å²) in [5.41, 5.74) is 12.9. The summed E-state index contributed by atoms with van der Waals surface area (Å²) in [6.07, 6.45) is 3.94. The van der Waals surface area contributed by atoms with E-state index in [1.807, 2.05) is 0 Å². The van der Waals surface area contributed by atoms with Crippen LogP contribution in [0.3, 0.4) is 0 Å². The van der Waals surface area contributed by atoms with Gasteiger partial charge in [-0.15, -0.1) is 0 Å². The summed E-state index contributed by atoms with van der Waals surface area (Å²) in [7, 11) is 0. The number of hydrogen-bond acceptors (Lipinski definition) is 4. The summed E-state index contributed by atoms with van der Waals surface area (Å²) in [5, 5.41) is 15.0. The van der Waals surface area contributed by atoms with Gasteiger partial charge in [0.25, 0.3) is 0 Å². The highest BCUT2D eigenvalue weighted by Crippen LogP contribution is 2.42. The van der Waals surface area contributed by atoms with E-state index in [4.69, 9.17) is 10.2 Å². The molecule has 0 amide bonds.